The Morgan fingerprint density at radius 1 is 1.10 bits per heavy atom. The lowest BCUT2D eigenvalue weighted by atomic mass is 9.94. The predicted octanol–water partition coefficient (Wildman–Crippen LogP) is 5.88. The highest BCUT2D eigenvalue weighted by atomic mass is 79.9. The van der Waals surface area contributed by atoms with Crippen molar-refractivity contribution in [2.75, 3.05) is 5.88 Å². The molecular weight excluding hydrogens is 362 g/mol. The van der Waals surface area contributed by atoms with E-state index in [4.69, 9.17) is 23.2 Å². The number of alkyl halides is 1. The Morgan fingerprint density at radius 2 is 1.85 bits per heavy atom. The average Bonchev–Trinajstić information content (AvgIpc) is 2.43. The lowest BCUT2D eigenvalue weighted by Gasteiger charge is -2.15. The van der Waals surface area contributed by atoms with Gasteiger partial charge in [0, 0.05) is 10.4 Å². The van der Waals surface area contributed by atoms with E-state index in [2.05, 4.69) is 28.1 Å². The number of hydrogen-bond acceptors (Lipinski definition) is 0. The van der Waals surface area contributed by atoms with E-state index < -0.39 is 0 Å². The fourth-order valence-electron chi connectivity index (χ4n) is 2.20. The molecule has 2 aromatic carbocycles. The minimum Gasteiger partial charge on any atom is -0.205 e. The molecule has 0 amide bonds. The van der Waals surface area contributed by atoms with Gasteiger partial charge in [0.25, 0.3) is 0 Å². The van der Waals surface area contributed by atoms with E-state index in [1.54, 1.807) is 6.07 Å². The van der Waals surface area contributed by atoms with Gasteiger partial charge in [-0.05, 0) is 48.1 Å². The van der Waals surface area contributed by atoms with E-state index in [1.165, 1.54) is 11.6 Å². The molecule has 4 heteroatoms. The van der Waals surface area contributed by atoms with E-state index in [9.17, 15) is 4.39 Å². The van der Waals surface area contributed by atoms with Gasteiger partial charge in [-0.2, -0.15) is 0 Å². The fourth-order valence-corrected chi connectivity index (χ4v) is 3.06. The van der Waals surface area contributed by atoms with Crippen LogP contribution in [-0.2, 0) is 12.8 Å². The Morgan fingerprint density at radius 3 is 2.55 bits per heavy atom. The molecule has 0 saturated carbocycles. The predicted molar refractivity (Wildman–Crippen MR) is 87.2 cm³/mol. The minimum atomic E-state index is -0.375. The molecule has 1 unspecified atom stereocenters. The van der Waals surface area contributed by atoms with Crippen molar-refractivity contribution in [3.05, 3.63) is 68.9 Å². The molecule has 0 aliphatic heterocycles. The molecule has 0 N–H and O–H groups in total. The van der Waals surface area contributed by atoms with Crippen molar-refractivity contribution in [1.29, 1.82) is 0 Å². The standard InChI is InChI=1S/C16H14BrCl2F/c17-14-5-1-3-11(9-14)7-12(10-18)8-13-4-2-6-15(20)16(13)19/h1-6,9,12H,7-8,10H2. The lowest BCUT2D eigenvalue weighted by Crippen LogP contribution is -2.11. The topological polar surface area (TPSA) is 0 Å². The molecule has 0 saturated heterocycles. The summed E-state index contributed by atoms with van der Waals surface area (Å²) in [5.74, 6) is 0.365. The van der Waals surface area contributed by atoms with Crippen molar-refractivity contribution in [2.45, 2.75) is 12.8 Å². The summed E-state index contributed by atoms with van der Waals surface area (Å²) in [4.78, 5) is 0. The SMILES string of the molecule is Fc1cccc(CC(CCl)Cc2cccc(Br)c2)c1Cl. The van der Waals surface area contributed by atoms with Gasteiger partial charge in [-0.15, -0.1) is 11.6 Å². The fraction of sp³-hybridized carbons (Fsp3) is 0.250. The second-order valence-electron chi connectivity index (χ2n) is 4.77. The van der Waals surface area contributed by atoms with Crippen molar-refractivity contribution in [1.82, 2.24) is 0 Å². The monoisotopic (exact) mass is 374 g/mol. The summed E-state index contributed by atoms with van der Waals surface area (Å²) < 4.78 is 14.5. The zero-order valence-electron chi connectivity index (χ0n) is 10.8. The summed E-state index contributed by atoms with van der Waals surface area (Å²) in [5, 5.41) is 0.205. The van der Waals surface area contributed by atoms with E-state index in [0.717, 1.165) is 16.5 Å². The third kappa shape index (κ3) is 4.21. The van der Waals surface area contributed by atoms with Gasteiger partial charge in [0.15, 0.2) is 0 Å². The van der Waals surface area contributed by atoms with Crippen LogP contribution in [0.4, 0.5) is 4.39 Å². The molecule has 0 radical (unpaired) electrons. The van der Waals surface area contributed by atoms with Gasteiger partial charge < -0.3 is 0 Å². The van der Waals surface area contributed by atoms with Gasteiger partial charge in [-0.25, -0.2) is 4.39 Å². The number of rotatable bonds is 5. The molecule has 0 spiro atoms. The largest absolute Gasteiger partial charge is 0.205 e. The molecule has 1 atom stereocenters. The zero-order valence-corrected chi connectivity index (χ0v) is 13.8. The van der Waals surface area contributed by atoms with Gasteiger partial charge in [0.05, 0.1) is 5.02 Å². The Labute approximate surface area is 137 Å². The molecule has 0 fully saturated rings. The van der Waals surface area contributed by atoms with Gasteiger partial charge in [0.2, 0.25) is 0 Å². The summed E-state index contributed by atoms with van der Waals surface area (Å²) in [7, 11) is 0. The highest BCUT2D eigenvalue weighted by Gasteiger charge is 2.13. The first-order valence-corrected chi connectivity index (χ1v) is 8.04. The number of halogens is 4. The molecular formula is C16H14BrCl2F. The van der Waals surface area contributed by atoms with Gasteiger partial charge in [0.1, 0.15) is 5.82 Å². The van der Waals surface area contributed by atoms with Crippen molar-refractivity contribution in [3.8, 4) is 0 Å². The molecule has 0 aromatic heterocycles. The molecule has 0 heterocycles. The van der Waals surface area contributed by atoms with E-state index in [-0.39, 0.29) is 16.8 Å². The van der Waals surface area contributed by atoms with E-state index in [0.29, 0.717) is 12.3 Å². The molecule has 0 aliphatic carbocycles. The van der Waals surface area contributed by atoms with Crippen LogP contribution in [0.15, 0.2) is 46.9 Å². The maximum atomic E-state index is 13.4. The smallest absolute Gasteiger partial charge is 0.142 e. The van der Waals surface area contributed by atoms with Crippen LogP contribution in [-0.4, -0.2) is 5.88 Å². The normalized spacial score (nSPS) is 12.4. The summed E-state index contributed by atoms with van der Waals surface area (Å²) >= 11 is 15.5. The first kappa shape index (κ1) is 15.8. The van der Waals surface area contributed by atoms with Crippen LogP contribution >= 0.6 is 39.1 Å². The van der Waals surface area contributed by atoms with Crippen LogP contribution in [0.25, 0.3) is 0 Å². The van der Waals surface area contributed by atoms with Crippen LogP contribution in [0.3, 0.4) is 0 Å². The summed E-state index contributed by atoms with van der Waals surface area (Å²) in [6.07, 6.45) is 1.52. The quantitative estimate of drug-likeness (QED) is 0.572. The van der Waals surface area contributed by atoms with Crippen molar-refractivity contribution in [3.63, 3.8) is 0 Å². The van der Waals surface area contributed by atoms with Crippen LogP contribution in [0.5, 0.6) is 0 Å². The van der Waals surface area contributed by atoms with Crippen molar-refractivity contribution in [2.24, 2.45) is 5.92 Å². The second kappa shape index (κ2) is 7.44. The summed E-state index contributed by atoms with van der Waals surface area (Å²) in [5.41, 5.74) is 2.02. The van der Waals surface area contributed by atoms with E-state index >= 15 is 0 Å². The summed E-state index contributed by atoms with van der Waals surface area (Å²) in [6, 6.07) is 13.0. The highest BCUT2D eigenvalue weighted by Crippen LogP contribution is 2.25. The van der Waals surface area contributed by atoms with Gasteiger partial charge in [-0.3, -0.25) is 0 Å². The Balaban J connectivity index is 2.11. The van der Waals surface area contributed by atoms with Crippen LogP contribution in [0, 0.1) is 11.7 Å². The zero-order chi connectivity index (χ0) is 14.5. The third-order valence-electron chi connectivity index (χ3n) is 3.17. The van der Waals surface area contributed by atoms with Crippen LogP contribution in [0.1, 0.15) is 11.1 Å². The summed E-state index contributed by atoms with van der Waals surface area (Å²) in [6.45, 7) is 0. The first-order chi connectivity index (χ1) is 9.60. The molecule has 0 aliphatic rings. The van der Waals surface area contributed by atoms with E-state index in [1.807, 2.05) is 18.2 Å². The number of benzene rings is 2. The average molecular weight is 376 g/mol. The molecule has 20 heavy (non-hydrogen) atoms. The Kier molecular flexibility index (Phi) is 5.88. The van der Waals surface area contributed by atoms with Crippen LogP contribution < -0.4 is 0 Å². The molecule has 2 rings (SSSR count). The second-order valence-corrected chi connectivity index (χ2v) is 6.37. The third-order valence-corrected chi connectivity index (χ3v) is 4.52. The number of hydrogen-bond donors (Lipinski definition) is 0. The maximum Gasteiger partial charge on any atom is 0.142 e. The van der Waals surface area contributed by atoms with Crippen molar-refractivity contribution < 1.29 is 4.39 Å². The molecule has 106 valence electrons. The van der Waals surface area contributed by atoms with Gasteiger partial charge >= 0.3 is 0 Å². The molecule has 0 nitrogen and oxygen atoms in total. The van der Waals surface area contributed by atoms with Gasteiger partial charge in [-0.1, -0.05) is 51.8 Å². The highest BCUT2D eigenvalue weighted by molar-refractivity contribution is 9.10. The minimum absolute atomic E-state index is 0.205. The maximum absolute atomic E-state index is 13.4. The molecule has 2 aromatic rings. The Bertz CT molecular complexity index is 586. The first-order valence-electron chi connectivity index (χ1n) is 6.33. The lowest BCUT2D eigenvalue weighted by molar-refractivity contribution is 0.576. The van der Waals surface area contributed by atoms with Crippen LogP contribution in [0.2, 0.25) is 5.02 Å². The Hall–Kier alpha value is -0.570. The molecule has 0 bridgehead atoms. The van der Waals surface area contributed by atoms with Crippen molar-refractivity contribution >= 4 is 39.1 Å².